The minimum atomic E-state index is -0.972. The first-order chi connectivity index (χ1) is 28.7. The fraction of sp³-hybridized carbons (Fsp3) is 0.372. The van der Waals surface area contributed by atoms with Crippen molar-refractivity contribution in [3.63, 3.8) is 0 Å². The van der Waals surface area contributed by atoms with Crippen LogP contribution >= 0.6 is 0 Å². The van der Waals surface area contributed by atoms with Crippen molar-refractivity contribution in [1.82, 2.24) is 39.8 Å². The van der Waals surface area contributed by atoms with E-state index >= 15 is 0 Å². The molecule has 0 radical (unpaired) electrons. The van der Waals surface area contributed by atoms with Gasteiger partial charge in [0, 0.05) is 69.0 Å². The predicted octanol–water partition coefficient (Wildman–Crippen LogP) is 4.40. The van der Waals surface area contributed by atoms with Gasteiger partial charge in [0.1, 0.15) is 41.2 Å². The molecule has 5 aliphatic heterocycles. The topological polar surface area (TPSA) is 172 Å². The van der Waals surface area contributed by atoms with Crippen LogP contribution < -0.4 is 20.7 Å². The van der Waals surface area contributed by atoms with Crippen LogP contribution in [0.5, 0.6) is 11.5 Å². The van der Waals surface area contributed by atoms with E-state index in [1.54, 1.807) is 24.3 Å². The van der Waals surface area contributed by atoms with Crippen LogP contribution in [0, 0.1) is 5.82 Å². The number of benzene rings is 3. The van der Waals surface area contributed by atoms with E-state index in [4.69, 9.17) is 15.6 Å². The maximum absolute atomic E-state index is 13.3. The van der Waals surface area contributed by atoms with Crippen LogP contribution in [0.15, 0.2) is 73.1 Å². The van der Waals surface area contributed by atoms with E-state index in [0.717, 1.165) is 97.8 Å². The molecular formula is C43H43FN10O5. The number of aromatic nitrogens is 4. The van der Waals surface area contributed by atoms with Gasteiger partial charge in [0.2, 0.25) is 11.8 Å². The highest BCUT2D eigenvalue weighted by atomic mass is 19.1. The molecule has 0 bridgehead atoms. The summed E-state index contributed by atoms with van der Waals surface area (Å²) in [6.07, 6.45) is 5.83. The standard InChI is InChI=1S/C43H43FN10O5/c44-26-3-8-32(9-4-26)59-31-6-1-25(2-7-31)38-37-39(45)46-24-47-40(37)54(49-38)28-15-19-50(20-16-28)27-13-17-51(18-14-27)30-22-52(23-30)29-5-10-33-34(21-29)43(58)53(42(33)57)35-11-12-36(55)48-41(35)56/h1-10,21,24,27-28,30,35H,11-20,22-23H2,(H2,45,46,47)(H,48,55,56). The van der Waals surface area contributed by atoms with E-state index in [1.807, 2.05) is 35.0 Å². The zero-order valence-corrected chi connectivity index (χ0v) is 32.3. The van der Waals surface area contributed by atoms with Crippen LogP contribution in [0.25, 0.3) is 22.3 Å². The number of likely N-dealkylation sites (tertiary alicyclic amines) is 2. The largest absolute Gasteiger partial charge is 0.457 e. The van der Waals surface area contributed by atoms with Crippen LogP contribution in [0.1, 0.15) is 65.3 Å². The number of hydrogen-bond donors (Lipinski definition) is 2. The first-order valence-corrected chi connectivity index (χ1v) is 20.3. The molecule has 0 saturated carbocycles. The highest BCUT2D eigenvalue weighted by molar-refractivity contribution is 6.23. The third kappa shape index (κ3) is 6.75. The summed E-state index contributed by atoms with van der Waals surface area (Å²) in [6.45, 7) is 5.68. The van der Waals surface area contributed by atoms with Crippen LogP contribution in [-0.4, -0.2) is 115 Å². The Bertz CT molecular complexity index is 2470. The Hall–Kier alpha value is -6.26. The molecule has 0 spiro atoms. The first-order valence-electron chi connectivity index (χ1n) is 20.3. The van der Waals surface area contributed by atoms with E-state index in [2.05, 4.69) is 30.0 Å². The smallest absolute Gasteiger partial charge is 0.262 e. The Labute approximate surface area is 338 Å². The number of imide groups is 2. The summed E-state index contributed by atoms with van der Waals surface area (Å²) in [4.78, 5) is 68.0. The van der Waals surface area contributed by atoms with Gasteiger partial charge in [-0.05, 0) is 98.8 Å². The summed E-state index contributed by atoms with van der Waals surface area (Å²) < 4.78 is 21.3. The van der Waals surface area contributed by atoms with Gasteiger partial charge in [0.15, 0.2) is 5.65 Å². The second-order valence-corrected chi connectivity index (χ2v) is 16.1. The van der Waals surface area contributed by atoms with Crippen LogP contribution in [-0.2, 0) is 9.59 Å². The van der Waals surface area contributed by atoms with Crippen LogP contribution in [0.3, 0.4) is 0 Å². The summed E-state index contributed by atoms with van der Waals surface area (Å²) in [5.41, 5.74) is 10.3. The predicted molar refractivity (Wildman–Crippen MR) is 215 cm³/mol. The van der Waals surface area contributed by atoms with Crippen molar-refractivity contribution in [3.8, 4) is 22.8 Å². The maximum atomic E-state index is 13.3. The molecule has 4 saturated heterocycles. The first kappa shape index (κ1) is 37.0. The van der Waals surface area contributed by atoms with E-state index in [1.165, 1.54) is 18.5 Å². The lowest BCUT2D eigenvalue weighted by Crippen LogP contribution is -2.62. The van der Waals surface area contributed by atoms with Crippen molar-refractivity contribution in [2.75, 3.05) is 49.9 Å². The number of anilines is 2. The number of halogens is 1. The lowest BCUT2D eigenvalue weighted by atomic mass is 9.95. The molecule has 1 unspecified atom stereocenters. The number of hydrogen-bond acceptors (Lipinski definition) is 12. The summed E-state index contributed by atoms with van der Waals surface area (Å²) in [7, 11) is 0. The summed E-state index contributed by atoms with van der Waals surface area (Å²) in [5.74, 6) is -0.727. The highest BCUT2D eigenvalue weighted by Crippen LogP contribution is 2.37. The molecule has 59 heavy (non-hydrogen) atoms. The van der Waals surface area contributed by atoms with Gasteiger partial charge in [-0.3, -0.25) is 34.3 Å². The molecule has 3 aromatic carbocycles. The second-order valence-electron chi connectivity index (χ2n) is 16.1. The molecule has 1 atom stereocenters. The zero-order valence-electron chi connectivity index (χ0n) is 32.3. The molecule has 2 aromatic heterocycles. The Morgan fingerprint density at radius 2 is 1.37 bits per heavy atom. The number of amides is 4. The number of nitrogens with one attached hydrogen (secondary N) is 1. The van der Waals surface area contributed by atoms with Gasteiger partial charge < -0.3 is 20.3 Å². The van der Waals surface area contributed by atoms with E-state index < -0.39 is 29.7 Å². The van der Waals surface area contributed by atoms with Crippen molar-refractivity contribution in [1.29, 1.82) is 0 Å². The number of nitrogens with zero attached hydrogens (tertiary/aromatic N) is 8. The summed E-state index contributed by atoms with van der Waals surface area (Å²) in [5, 5.41) is 8.08. The average Bonchev–Trinajstić information content (AvgIpc) is 3.74. The molecule has 0 aliphatic carbocycles. The van der Waals surface area contributed by atoms with Crippen LogP contribution in [0.2, 0.25) is 0 Å². The number of carbonyl (C=O) groups excluding carboxylic acids is 4. The van der Waals surface area contributed by atoms with Crippen LogP contribution in [0.4, 0.5) is 15.9 Å². The molecule has 5 aliphatic rings. The number of nitrogen functional groups attached to an aromatic ring is 1. The van der Waals surface area contributed by atoms with Gasteiger partial charge in [-0.25, -0.2) is 19.0 Å². The SMILES string of the molecule is Nc1ncnc2c1c(-c1ccc(Oc3ccc(F)cc3)cc1)nn2C1CCN(C2CCN(C3CN(c4ccc5c(c4)C(=O)N(C4CCC(=O)NC4=O)C5=O)C3)CC2)CC1. The van der Waals surface area contributed by atoms with Gasteiger partial charge in [0.05, 0.1) is 22.6 Å². The number of piperidine rings is 3. The molecule has 16 heteroatoms. The third-order valence-electron chi connectivity index (χ3n) is 12.7. The van der Waals surface area contributed by atoms with Gasteiger partial charge in [0.25, 0.3) is 11.8 Å². The molecule has 4 amide bonds. The minimum Gasteiger partial charge on any atom is -0.457 e. The lowest BCUT2D eigenvalue weighted by Gasteiger charge is -2.50. The van der Waals surface area contributed by atoms with Gasteiger partial charge >= 0.3 is 0 Å². The average molecular weight is 799 g/mol. The second kappa shape index (κ2) is 14.8. The normalized spacial score (nSPS) is 21.3. The molecule has 4 fully saturated rings. The fourth-order valence-electron chi connectivity index (χ4n) is 9.44. The van der Waals surface area contributed by atoms with Crippen molar-refractivity contribution in [2.45, 2.75) is 62.7 Å². The molecule has 15 nitrogen and oxygen atoms in total. The van der Waals surface area contributed by atoms with Gasteiger partial charge in [-0.15, -0.1) is 0 Å². The van der Waals surface area contributed by atoms with Gasteiger partial charge in [-0.2, -0.15) is 5.10 Å². The van der Waals surface area contributed by atoms with Crippen molar-refractivity contribution in [2.24, 2.45) is 0 Å². The molecule has 3 N–H and O–H groups in total. The molecule has 7 heterocycles. The fourth-order valence-corrected chi connectivity index (χ4v) is 9.44. The number of rotatable bonds is 8. The highest BCUT2D eigenvalue weighted by Gasteiger charge is 2.45. The maximum Gasteiger partial charge on any atom is 0.262 e. The number of fused-ring (bicyclic) bond motifs is 2. The monoisotopic (exact) mass is 798 g/mol. The molecule has 10 rings (SSSR count). The number of ether oxygens (including phenoxy) is 1. The molecule has 5 aromatic rings. The van der Waals surface area contributed by atoms with Gasteiger partial charge in [-0.1, -0.05) is 0 Å². The molecular weight excluding hydrogens is 756 g/mol. The Morgan fingerprint density at radius 3 is 2.07 bits per heavy atom. The van der Waals surface area contributed by atoms with E-state index in [9.17, 15) is 23.6 Å². The lowest BCUT2D eigenvalue weighted by molar-refractivity contribution is -0.136. The quantitative estimate of drug-likeness (QED) is 0.213. The van der Waals surface area contributed by atoms with Crippen molar-refractivity contribution in [3.05, 3.63) is 90.0 Å². The zero-order chi connectivity index (χ0) is 40.4. The minimum absolute atomic E-state index is 0.0923. The number of nitrogens with two attached hydrogens (primary N) is 1. The Morgan fingerprint density at radius 1 is 0.729 bits per heavy atom. The number of carbonyl (C=O) groups is 4. The third-order valence-corrected chi connectivity index (χ3v) is 12.7. The molecule has 302 valence electrons. The van der Waals surface area contributed by atoms with E-state index in [-0.39, 0.29) is 24.7 Å². The Kier molecular flexibility index (Phi) is 9.32. The van der Waals surface area contributed by atoms with Crippen molar-refractivity contribution < 1.29 is 28.3 Å². The summed E-state index contributed by atoms with van der Waals surface area (Å²) in [6, 6.07) is 19.0. The Balaban J connectivity index is 0.731. The van der Waals surface area contributed by atoms with Crippen molar-refractivity contribution >= 4 is 46.2 Å². The summed E-state index contributed by atoms with van der Waals surface area (Å²) >= 11 is 0. The van der Waals surface area contributed by atoms with E-state index in [0.29, 0.717) is 40.5 Å².